The minimum absolute atomic E-state index is 0.0525. The van der Waals surface area contributed by atoms with Crippen LogP contribution in [0.3, 0.4) is 0 Å². The van der Waals surface area contributed by atoms with Crippen LogP contribution in [0.2, 0.25) is 0 Å². The highest BCUT2D eigenvalue weighted by molar-refractivity contribution is 7.89. The number of pyridine rings is 1. The van der Waals surface area contributed by atoms with Gasteiger partial charge in [-0.25, -0.2) is 13.4 Å². The molecule has 128 valence electrons. The molecule has 1 aliphatic heterocycles. The second-order valence-electron chi connectivity index (χ2n) is 5.81. The number of nitrogens with one attached hydrogen (secondary N) is 1. The third kappa shape index (κ3) is 4.98. The number of amides is 1. The molecule has 0 aromatic carbocycles. The molecule has 8 heteroatoms. The van der Waals surface area contributed by atoms with Gasteiger partial charge in [0.2, 0.25) is 10.0 Å². The molecule has 1 aromatic heterocycles. The second-order valence-corrected chi connectivity index (χ2v) is 7.90. The molecule has 2 heterocycles. The Labute approximate surface area is 137 Å². The van der Waals surface area contributed by atoms with Gasteiger partial charge < -0.3 is 10.1 Å². The molecule has 0 saturated carbocycles. The van der Waals surface area contributed by atoms with Crippen molar-refractivity contribution in [2.24, 2.45) is 0 Å². The lowest BCUT2D eigenvalue weighted by Gasteiger charge is -2.34. The van der Waals surface area contributed by atoms with Crippen molar-refractivity contribution in [2.45, 2.75) is 33.0 Å². The van der Waals surface area contributed by atoms with Crippen LogP contribution in [0, 0.1) is 6.92 Å². The van der Waals surface area contributed by atoms with Gasteiger partial charge in [-0.3, -0.25) is 4.79 Å². The average Bonchev–Trinajstić information content (AvgIpc) is 2.46. The van der Waals surface area contributed by atoms with Crippen LogP contribution in [0.4, 0.5) is 0 Å². The predicted molar refractivity (Wildman–Crippen MR) is 86.7 cm³/mol. The smallest absolute Gasteiger partial charge is 0.269 e. The van der Waals surface area contributed by atoms with E-state index in [1.807, 2.05) is 13.8 Å². The van der Waals surface area contributed by atoms with E-state index in [1.54, 1.807) is 25.1 Å². The maximum Gasteiger partial charge on any atom is 0.269 e. The Balaban J connectivity index is 1.88. The molecular formula is C15H23N3O4S. The summed E-state index contributed by atoms with van der Waals surface area (Å²) in [7, 11) is -3.42. The number of ether oxygens (including phenoxy) is 1. The Kier molecular flexibility index (Phi) is 5.72. The van der Waals surface area contributed by atoms with E-state index < -0.39 is 10.0 Å². The maximum absolute atomic E-state index is 12.4. The molecule has 1 aromatic rings. The zero-order valence-electron chi connectivity index (χ0n) is 13.7. The Hall–Kier alpha value is -1.51. The van der Waals surface area contributed by atoms with Crippen molar-refractivity contribution in [3.8, 4) is 0 Å². The summed E-state index contributed by atoms with van der Waals surface area (Å²) in [5.41, 5.74) is 1.03. The van der Waals surface area contributed by atoms with Gasteiger partial charge in [0.15, 0.2) is 0 Å². The van der Waals surface area contributed by atoms with Gasteiger partial charge in [-0.1, -0.05) is 6.07 Å². The third-order valence-electron chi connectivity index (χ3n) is 3.55. The molecule has 2 atom stereocenters. The van der Waals surface area contributed by atoms with Crippen LogP contribution in [0.1, 0.15) is 30.0 Å². The summed E-state index contributed by atoms with van der Waals surface area (Å²) in [5.74, 6) is -0.503. The summed E-state index contributed by atoms with van der Waals surface area (Å²) in [6.07, 6.45) is -0.251. The van der Waals surface area contributed by atoms with Gasteiger partial charge in [0.1, 0.15) is 5.69 Å². The second kappa shape index (κ2) is 7.37. The quantitative estimate of drug-likeness (QED) is 0.845. The van der Waals surface area contributed by atoms with Gasteiger partial charge in [-0.2, -0.15) is 4.31 Å². The highest BCUT2D eigenvalue weighted by Crippen LogP contribution is 2.14. The van der Waals surface area contributed by atoms with Gasteiger partial charge in [0, 0.05) is 25.3 Å². The summed E-state index contributed by atoms with van der Waals surface area (Å²) in [4.78, 5) is 16.1. The summed E-state index contributed by atoms with van der Waals surface area (Å²) in [6, 6.07) is 5.13. The number of aromatic nitrogens is 1. The van der Waals surface area contributed by atoms with Crippen molar-refractivity contribution < 1.29 is 17.9 Å². The van der Waals surface area contributed by atoms with Gasteiger partial charge in [0.05, 0.1) is 18.0 Å². The van der Waals surface area contributed by atoms with Crippen LogP contribution in [0.25, 0.3) is 0 Å². The fraction of sp³-hybridized carbons (Fsp3) is 0.600. The minimum Gasteiger partial charge on any atom is -0.373 e. The van der Waals surface area contributed by atoms with E-state index in [1.165, 1.54) is 4.31 Å². The standard InChI is InChI=1S/C15H23N3O4S/c1-11-5-4-6-14(17-11)15(19)16-7-8-23(20,21)18-9-12(2)22-13(3)10-18/h4-6,12-13H,7-10H2,1-3H3,(H,16,19)/t12-,13+. The van der Waals surface area contributed by atoms with Crippen LogP contribution in [-0.2, 0) is 14.8 Å². The summed E-state index contributed by atoms with van der Waals surface area (Å²) in [5, 5.41) is 2.61. The van der Waals surface area contributed by atoms with E-state index in [2.05, 4.69) is 10.3 Å². The molecule has 1 fully saturated rings. The number of hydrogen-bond acceptors (Lipinski definition) is 5. The van der Waals surface area contributed by atoms with E-state index in [0.717, 1.165) is 5.69 Å². The SMILES string of the molecule is Cc1cccc(C(=O)NCCS(=O)(=O)N2C[C@@H](C)O[C@@H](C)C2)n1. The maximum atomic E-state index is 12.4. The molecule has 1 aliphatic rings. The molecule has 23 heavy (non-hydrogen) atoms. The van der Waals surface area contributed by atoms with E-state index in [-0.39, 0.29) is 36.1 Å². The van der Waals surface area contributed by atoms with Crippen molar-refractivity contribution in [3.63, 3.8) is 0 Å². The number of sulfonamides is 1. The summed E-state index contributed by atoms with van der Waals surface area (Å²) in [6.45, 7) is 6.24. The first-order valence-electron chi connectivity index (χ1n) is 7.63. The van der Waals surface area contributed by atoms with Crippen molar-refractivity contribution in [1.29, 1.82) is 0 Å². The van der Waals surface area contributed by atoms with Gasteiger partial charge in [-0.15, -0.1) is 0 Å². The molecule has 2 rings (SSSR count). The van der Waals surface area contributed by atoms with Crippen molar-refractivity contribution >= 4 is 15.9 Å². The van der Waals surface area contributed by atoms with Crippen molar-refractivity contribution in [3.05, 3.63) is 29.6 Å². The average molecular weight is 341 g/mol. The molecular weight excluding hydrogens is 318 g/mol. The number of morpholine rings is 1. The fourth-order valence-corrected chi connectivity index (χ4v) is 4.03. The fourth-order valence-electron chi connectivity index (χ4n) is 2.54. The number of nitrogens with zero attached hydrogens (tertiary/aromatic N) is 2. The van der Waals surface area contributed by atoms with Crippen LogP contribution in [0.5, 0.6) is 0 Å². The zero-order valence-corrected chi connectivity index (χ0v) is 14.5. The largest absolute Gasteiger partial charge is 0.373 e. The first-order chi connectivity index (χ1) is 10.8. The zero-order chi connectivity index (χ0) is 17.0. The number of carbonyl (C=O) groups excluding carboxylic acids is 1. The highest BCUT2D eigenvalue weighted by atomic mass is 32.2. The molecule has 1 saturated heterocycles. The minimum atomic E-state index is -3.42. The lowest BCUT2D eigenvalue weighted by Crippen LogP contribution is -2.49. The Morgan fingerprint density at radius 3 is 2.61 bits per heavy atom. The highest BCUT2D eigenvalue weighted by Gasteiger charge is 2.30. The number of hydrogen-bond donors (Lipinski definition) is 1. The summed E-state index contributed by atoms with van der Waals surface area (Å²) >= 11 is 0. The third-order valence-corrected chi connectivity index (χ3v) is 5.35. The predicted octanol–water partition coefficient (Wildman–Crippen LogP) is 0.559. The lowest BCUT2D eigenvalue weighted by molar-refractivity contribution is -0.0440. The van der Waals surface area contributed by atoms with E-state index in [9.17, 15) is 13.2 Å². The topological polar surface area (TPSA) is 88.6 Å². The number of carbonyl (C=O) groups is 1. The van der Waals surface area contributed by atoms with E-state index in [4.69, 9.17) is 4.74 Å². The molecule has 7 nitrogen and oxygen atoms in total. The van der Waals surface area contributed by atoms with Crippen LogP contribution >= 0.6 is 0 Å². The van der Waals surface area contributed by atoms with E-state index >= 15 is 0 Å². The molecule has 0 bridgehead atoms. The monoisotopic (exact) mass is 341 g/mol. The van der Waals surface area contributed by atoms with E-state index in [0.29, 0.717) is 13.1 Å². The first kappa shape index (κ1) is 17.8. The molecule has 0 aliphatic carbocycles. The first-order valence-corrected chi connectivity index (χ1v) is 9.24. The molecule has 1 amide bonds. The van der Waals surface area contributed by atoms with Gasteiger partial charge >= 0.3 is 0 Å². The van der Waals surface area contributed by atoms with Gasteiger partial charge in [-0.05, 0) is 32.9 Å². The molecule has 0 spiro atoms. The van der Waals surface area contributed by atoms with Crippen LogP contribution < -0.4 is 5.32 Å². The van der Waals surface area contributed by atoms with Crippen LogP contribution in [-0.4, -0.2) is 61.2 Å². The summed E-state index contributed by atoms with van der Waals surface area (Å²) < 4.78 is 31.7. The number of aryl methyl sites for hydroxylation is 1. The Morgan fingerprint density at radius 2 is 2.00 bits per heavy atom. The van der Waals surface area contributed by atoms with Crippen molar-refractivity contribution in [2.75, 3.05) is 25.4 Å². The molecule has 1 N–H and O–H groups in total. The lowest BCUT2D eigenvalue weighted by atomic mass is 10.3. The van der Waals surface area contributed by atoms with Gasteiger partial charge in [0.25, 0.3) is 5.91 Å². The normalized spacial score (nSPS) is 22.7. The molecule has 0 unspecified atom stereocenters. The molecule has 0 radical (unpaired) electrons. The van der Waals surface area contributed by atoms with Crippen LogP contribution in [0.15, 0.2) is 18.2 Å². The Morgan fingerprint density at radius 1 is 1.35 bits per heavy atom. The Bertz CT molecular complexity index is 652. The number of rotatable bonds is 5. The van der Waals surface area contributed by atoms with Crippen molar-refractivity contribution in [1.82, 2.24) is 14.6 Å².